The molecular formula is C9H7F6N. The first-order valence-corrected chi connectivity index (χ1v) is 4.16. The van der Waals surface area contributed by atoms with Gasteiger partial charge in [0.25, 0.3) is 0 Å². The third-order valence-electron chi connectivity index (χ3n) is 2.09. The third-order valence-corrected chi connectivity index (χ3v) is 2.09. The molecule has 1 aromatic heterocycles. The minimum atomic E-state index is -4.88. The molecule has 0 aliphatic heterocycles. The standard InChI is InChI=1S/C9H7F6N/c1-4-3-6(8(10,11)12)16-7(5(4)2)9(13,14)15/h3H,1-2H3. The summed E-state index contributed by atoms with van der Waals surface area (Å²) in [6.45, 7) is 2.27. The van der Waals surface area contributed by atoms with Gasteiger partial charge in [0, 0.05) is 0 Å². The second-order valence-corrected chi connectivity index (χ2v) is 3.29. The van der Waals surface area contributed by atoms with Gasteiger partial charge in [-0.2, -0.15) is 26.3 Å². The van der Waals surface area contributed by atoms with Gasteiger partial charge in [0.2, 0.25) is 0 Å². The largest absolute Gasteiger partial charge is 0.433 e. The summed E-state index contributed by atoms with van der Waals surface area (Å²) >= 11 is 0. The van der Waals surface area contributed by atoms with Crippen LogP contribution in [-0.4, -0.2) is 4.98 Å². The van der Waals surface area contributed by atoms with E-state index < -0.39 is 23.7 Å². The fourth-order valence-electron chi connectivity index (χ4n) is 1.16. The number of nitrogens with zero attached hydrogens (tertiary/aromatic N) is 1. The lowest BCUT2D eigenvalue weighted by Crippen LogP contribution is -2.17. The van der Waals surface area contributed by atoms with Gasteiger partial charge >= 0.3 is 12.4 Å². The van der Waals surface area contributed by atoms with Crippen LogP contribution in [0.15, 0.2) is 6.07 Å². The van der Waals surface area contributed by atoms with Gasteiger partial charge < -0.3 is 0 Å². The number of rotatable bonds is 0. The summed E-state index contributed by atoms with van der Waals surface area (Å²) in [7, 11) is 0. The van der Waals surface area contributed by atoms with Crippen molar-refractivity contribution in [2.45, 2.75) is 26.2 Å². The van der Waals surface area contributed by atoms with Crippen LogP contribution in [0.5, 0.6) is 0 Å². The molecule has 0 saturated heterocycles. The van der Waals surface area contributed by atoms with Crippen molar-refractivity contribution < 1.29 is 26.3 Å². The van der Waals surface area contributed by atoms with Gasteiger partial charge in [0.15, 0.2) is 0 Å². The average Bonchev–Trinajstić information content (AvgIpc) is 2.05. The molecule has 0 unspecified atom stereocenters. The summed E-state index contributed by atoms with van der Waals surface area (Å²) in [5.74, 6) is 0. The van der Waals surface area contributed by atoms with Gasteiger partial charge in [-0.05, 0) is 31.0 Å². The van der Waals surface area contributed by atoms with Gasteiger partial charge in [-0.15, -0.1) is 0 Å². The van der Waals surface area contributed by atoms with Crippen LogP contribution >= 0.6 is 0 Å². The normalized spacial score (nSPS) is 13.0. The van der Waals surface area contributed by atoms with Crippen molar-refractivity contribution in [2.24, 2.45) is 0 Å². The van der Waals surface area contributed by atoms with E-state index in [1.807, 2.05) is 0 Å². The lowest BCUT2D eigenvalue weighted by atomic mass is 10.1. The zero-order chi connectivity index (χ0) is 12.7. The van der Waals surface area contributed by atoms with E-state index in [1.54, 1.807) is 0 Å². The smallest absolute Gasteiger partial charge is 0.239 e. The molecule has 1 rings (SSSR count). The SMILES string of the molecule is Cc1cc(C(F)(F)F)nc(C(F)(F)F)c1C. The number of hydrogen-bond donors (Lipinski definition) is 0. The molecule has 0 amide bonds. The highest BCUT2D eigenvalue weighted by molar-refractivity contribution is 5.33. The molecule has 0 spiro atoms. The molecule has 0 fully saturated rings. The second kappa shape index (κ2) is 3.64. The fourth-order valence-corrected chi connectivity index (χ4v) is 1.16. The number of aromatic nitrogens is 1. The zero-order valence-corrected chi connectivity index (χ0v) is 8.29. The second-order valence-electron chi connectivity index (χ2n) is 3.29. The summed E-state index contributed by atoms with van der Waals surface area (Å²) in [4.78, 5) is 2.63. The number of aryl methyl sites for hydroxylation is 1. The van der Waals surface area contributed by atoms with Crippen molar-refractivity contribution in [3.8, 4) is 0 Å². The lowest BCUT2D eigenvalue weighted by molar-refractivity contribution is -0.150. The van der Waals surface area contributed by atoms with E-state index in [4.69, 9.17) is 0 Å². The maximum atomic E-state index is 12.4. The van der Waals surface area contributed by atoms with E-state index in [2.05, 4.69) is 4.98 Å². The van der Waals surface area contributed by atoms with Crippen molar-refractivity contribution in [2.75, 3.05) is 0 Å². The monoisotopic (exact) mass is 243 g/mol. The Labute approximate surface area is 87.1 Å². The molecule has 0 N–H and O–H groups in total. The molecule has 0 bridgehead atoms. The van der Waals surface area contributed by atoms with E-state index in [1.165, 1.54) is 6.92 Å². The molecule has 1 nitrogen and oxygen atoms in total. The van der Waals surface area contributed by atoms with Gasteiger partial charge in [-0.25, -0.2) is 4.98 Å². The third kappa shape index (κ3) is 2.45. The van der Waals surface area contributed by atoms with Gasteiger partial charge in [0.05, 0.1) is 0 Å². The molecule has 90 valence electrons. The molecule has 0 saturated carbocycles. The Bertz CT molecular complexity index is 404. The molecule has 0 aliphatic rings. The Morgan fingerprint density at radius 1 is 0.938 bits per heavy atom. The Morgan fingerprint density at radius 2 is 1.44 bits per heavy atom. The number of halogens is 6. The van der Waals surface area contributed by atoms with Crippen LogP contribution < -0.4 is 0 Å². The predicted octanol–water partition coefficient (Wildman–Crippen LogP) is 3.74. The number of pyridine rings is 1. The molecule has 0 aliphatic carbocycles. The van der Waals surface area contributed by atoms with E-state index >= 15 is 0 Å². The minimum Gasteiger partial charge on any atom is -0.239 e. The molecule has 16 heavy (non-hydrogen) atoms. The van der Waals surface area contributed by atoms with E-state index in [0.29, 0.717) is 6.07 Å². The van der Waals surface area contributed by atoms with E-state index in [0.717, 1.165) is 6.92 Å². The van der Waals surface area contributed by atoms with Crippen LogP contribution in [0.2, 0.25) is 0 Å². The first kappa shape index (κ1) is 12.8. The molecule has 0 aromatic carbocycles. The summed E-state index contributed by atoms with van der Waals surface area (Å²) < 4.78 is 73.8. The first-order chi connectivity index (χ1) is 7.03. The van der Waals surface area contributed by atoms with Crippen molar-refractivity contribution in [1.29, 1.82) is 0 Å². The quantitative estimate of drug-likeness (QED) is 0.632. The lowest BCUT2D eigenvalue weighted by Gasteiger charge is -2.14. The van der Waals surface area contributed by atoms with E-state index in [-0.39, 0.29) is 11.1 Å². The Kier molecular flexibility index (Phi) is 2.91. The maximum absolute atomic E-state index is 12.4. The Hall–Kier alpha value is -1.27. The van der Waals surface area contributed by atoms with Crippen LogP contribution in [0.25, 0.3) is 0 Å². The van der Waals surface area contributed by atoms with Crippen LogP contribution in [0.4, 0.5) is 26.3 Å². The first-order valence-electron chi connectivity index (χ1n) is 4.16. The Balaban J connectivity index is 3.46. The number of hydrogen-bond acceptors (Lipinski definition) is 1. The van der Waals surface area contributed by atoms with Crippen molar-refractivity contribution >= 4 is 0 Å². The maximum Gasteiger partial charge on any atom is 0.433 e. The molecule has 0 radical (unpaired) electrons. The van der Waals surface area contributed by atoms with Crippen molar-refractivity contribution in [3.05, 3.63) is 28.6 Å². The topological polar surface area (TPSA) is 12.9 Å². The number of alkyl halides is 6. The molecular weight excluding hydrogens is 236 g/mol. The fraction of sp³-hybridized carbons (Fsp3) is 0.444. The van der Waals surface area contributed by atoms with Crippen LogP contribution in [-0.2, 0) is 12.4 Å². The summed E-state index contributed by atoms with van der Waals surface area (Å²) in [5.41, 5.74) is -3.39. The molecule has 7 heteroatoms. The minimum absolute atomic E-state index is 0.0883. The highest BCUT2D eigenvalue weighted by Gasteiger charge is 2.39. The summed E-state index contributed by atoms with van der Waals surface area (Å²) in [6, 6.07) is 0.602. The van der Waals surface area contributed by atoms with Gasteiger partial charge in [-0.3, -0.25) is 0 Å². The van der Waals surface area contributed by atoms with Crippen LogP contribution in [0, 0.1) is 13.8 Å². The van der Waals surface area contributed by atoms with Crippen LogP contribution in [0.1, 0.15) is 22.5 Å². The highest BCUT2D eigenvalue weighted by atomic mass is 19.4. The van der Waals surface area contributed by atoms with E-state index in [9.17, 15) is 26.3 Å². The van der Waals surface area contributed by atoms with Crippen molar-refractivity contribution in [1.82, 2.24) is 4.98 Å². The Morgan fingerprint density at radius 3 is 1.81 bits per heavy atom. The zero-order valence-electron chi connectivity index (χ0n) is 8.29. The average molecular weight is 243 g/mol. The highest BCUT2D eigenvalue weighted by Crippen LogP contribution is 2.35. The van der Waals surface area contributed by atoms with Gasteiger partial charge in [-0.1, -0.05) is 0 Å². The van der Waals surface area contributed by atoms with Crippen molar-refractivity contribution in [3.63, 3.8) is 0 Å². The molecule has 0 atom stereocenters. The molecule has 1 aromatic rings. The predicted molar refractivity (Wildman–Crippen MR) is 43.7 cm³/mol. The van der Waals surface area contributed by atoms with Gasteiger partial charge in [0.1, 0.15) is 11.4 Å². The molecule has 1 heterocycles. The summed E-state index contributed by atoms with van der Waals surface area (Å²) in [6.07, 6.45) is -9.76. The summed E-state index contributed by atoms with van der Waals surface area (Å²) in [5, 5.41) is 0. The van der Waals surface area contributed by atoms with Crippen LogP contribution in [0.3, 0.4) is 0 Å².